The summed E-state index contributed by atoms with van der Waals surface area (Å²) in [4.78, 5) is 12.1. The van der Waals surface area contributed by atoms with Gasteiger partial charge in [-0.15, -0.1) is 0 Å². The largest absolute Gasteiger partial charge is 0.345 e. The van der Waals surface area contributed by atoms with E-state index in [-0.39, 0.29) is 21.6 Å². The zero-order chi connectivity index (χ0) is 14.2. The van der Waals surface area contributed by atoms with Gasteiger partial charge in [0.1, 0.15) is 11.5 Å². The fourth-order valence-corrected chi connectivity index (χ4v) is 2.67. The third-order valence-electron chi connectivity index (χ3n) is 2.45. The summed E-state index contributed by atoms with van der Waals surface area (Å²) in [6.07, 6.45) is 1.74. The Hall–Kier alpha value is -1.04. The van der Waals surface area contributed by atoms with Crippen LogP contribution < -0.4 is 5.32 Å². The third kappa shape index (κ3) is 3.11. The van der Waals surface area contributed by atoms with Gasteiger partial charge in [0.25, 0.3) is 5.91 Å². The Morgan fingerprint density at radius 2 is 1.89 bits per heavy atom. The van der Waals surface area contributed by atoms with Crippen LogP contribution >= 0.6 is 39.1 Å². The molecule has 0 aliphatic carbocycles. The molecule has 1 heterocycles. The highest BCUT2D eigenvalue weighted by molar-refractivity contribution is 9.10. The number of carbonyl (C=O) groups excluding carboxylic acids is 1. The molecule has 1 amide bonds. The maximum absolute atomic E-state index is 13.0. The van der Waals surface area contributed by atoms with Crippen molar-refractivity contribution in [3.8, 4) is 0 Å². The van der Waals surface area contributed by atoms with E-state index in [1.807, 2.05) is 0 Å². The van der Waals surface area contributed by atoms with E-state index >= 15 is 0 Å². The second-order valence-corrected chi connectivity index (χ2v) is 5.58. The average Bonchev–Trinajstić information content (AvgIpc) is 2.62. The number of rotatable bonds is 2. The zero-order valence-electron chi connectivity index (χ0n) is 9.68. The molecule has 3 nitrogen and oxygen atoms in total. The smallest absolute Gasteiger partial charge is 0.272 e. The SMILES string of the molecule is Cn1cc(Br)cc1C(=O)Nc1c(Cl)cc(F)cc1Cl. The van der Waals surface area contributed by atoms with Crippen molar-refractivity contribution in [2.75, 3.05) is 5.32 Å². The van der Waals surface area contributed by atoms with Gasteiger partial charge < -0.3 is 9.88 Å². The van der Waals surface area contributed by atoms with Gasteiger partial charge in [0.05, 0.1) is 15.7 Å². The first-order valence-corrected chi connectivity index (χ1v) is 6.71. The number of carbonyl (C=O) groups is 1. The Bertz CT molecular complexity index is 634. The van der Waals surface area contributed by atoms with E-state index < -0.39 is 5.82 Å². The predicted molar refractivity (Wildman–Crippen MR) is 77.5 cm³/mol. The van der Waals surface area contributed by atoms with Gasteiger partial charge in [-0.25, -0.2) is 4.39 Å². The van der Waals surface area contributed by atoms with E-state index in [9.17, 15) is 9.18 Å². The standard InChI is InChI=1S/C12H8BrCl2FN2O/c1-18-5-6(13)2-10(18)12(19)17-11-8(14)3-7(16)4-9(11)15/h2-5H,1H3,(H,17,19). The lowest BCUT2D eigenvalue weighted by atomic mass is 10.3. The predicted octanol–water partition coefficient (Wildman–Crippen LogP) is 4.49. The summed E-state index contributed by atoms with van der Waals surface area (Å²) in [6, 6.07) is 3.83. The summed E-state index contributed by atoms with van der Waals surface area (Å²) < 4.78 is 15.5. The fraction of sp³-hybridized carbons (Fsp3) is 0.0833. The molecule has 0 radical (unpaired) electrons. The van der Waals surface area contributed by atoms with Crippen LogP contribution in [0.25, 0.3) is 0 Å². The topological polar surface area (TPSA) is 34.0 Å². The van der Waals surface area contributed by atoms with Crippen molar-refractivity contribution in [2.45, 2.75) is 0 Å². The van der Waals surface area contributed by atoms with Gasteiger partial charge >= 0.3 is 0 Å². The summed E-state index contributed by atoms with van der Waals surface area (Å²) in [5.74, 6) is -0.946. The number of amides is 1. The maximum Gasteiger partial charge on any atom is 0.272 e. The van der Waals surface area contributed by atoms with Gasteiger partial charge in [0.2, 0.25) is 0 Å². The molecule has 0 fully saturated rings. The van der Waals surface area contributed by atoms with E-state index in [1.165, 1.54) is 0 Å². The fourth-order valence-electron chi connectivity index (χ4n) is 1.59. The van der Waals surface area contributed by atoms with Gasteiger partial charge in [-0.05, 0) is 34.1 Å². The Morgan fingerprint density at radius 1 is 1.32 bits per heavy atom. The number of aromatic nitrogens is 1. The molecule has 19 heavy (non-hydrogen) atoms. The third-order valence-corrected chi connectivity index (χ3v) is 3.48. The van der Waals surface area contributed by atoms with E-state index in [2.05, 4.69) is 21.2 Å². The van der Waals surface area contributed by atoms with E-state index in [1.54, 1.807) is 23.9 Å². The van der Waals surface area contributed by atoms with Crippen molar-refractivity contribution in [3.63, 3.8) is 0 Å². The summed E-state index contributed by atoms with van der Waals surface area (Å²) in [5.41, 5.74) is 0.607. The maximum atomic E-state index is 13.0. The summed E-state index contributed by atoms with van der Waals surface area (Å²) in [5, 5.41) is 2.66. The van der Waals surface area contributed by atoms with Crippen LogP contribution in [0, 0.1) is 5.82 Å². The Kier molecular flexibility index (Phi) is 4.18. The molecular formula is C12H8BrCl2FN2O. The number of benzene rings is 1. The van der Waals surface area contributed by atoms with Crippen LogP contribution in [0.5, 0.6) is 0 Å². The summed E-state index contributed by atoms with van der Waals surface area (Å²) in [6.45, 7) is 0. The number of nitrogens with zero attached hydrogens (tertiary/aromatic N) is 1. The average molecular weight is 366 g/mol. The Labute approximate surface area is 127 Å². The molecule has 7 heteroatoms. The van der Waals surface area contributed by atoms with Gasteiger partial charge in [-0.3, -0.25) is 4.79 Å². The minimum atomic E-state index is -0.561. The molecule has 0 atom stereocenters. The number of halogens is 4. The highest BCUT2D eigenvalue weighted by atomic mass is 79.9. The van der Waals surface area contributed by atoms with Crippen LogP contribution in [0.3, 0.4) is 0 Å². The monoisotopic (exact) mass is 364 g/mol. The zero-order valence-corrected chi connectivity index (χ0v) is 12.8. The van der Waals surface area contributed by atoms with Crippen LogP contribution in [0.15, 0.2) is 28.9 Å². The minimum absolute atomic E-state index is 0.0478. The van der Waals surface area contributed by atoms with Gasteiger partial charge in [-0.2, -0.15) is 0 Å². The molecule has 0 aliphatic rings. The second kappa shape index (κ2) is 5.53. The molecule has 0 spiro atoms. The molecule has 0 saturated heterocycles. The number of aryl methyl sites for hydroxylation is 1. The van der Waals surface area contributed by atoms with Crippen molar-refractivity contribution < 1.29 is 9.18 Å². The molecule has 0 aliphatic heterocycles. The quantitative estimate of drug-likeness (QED) is 0.836. The number of hydrogen-bond donors (Lipinski definition) is 1. The number of nitrogens with one attached hydrogen (secondary N) is 1. The van der Waals surface area contributed by atoms with E-state index in [0.717, 1.165) is 16.6 Å². The molecule has 0 bridgehead atoms. The number of anilines is 1. The van der Waals surface area contributed by atoms with Crippen molar-refractivity contribution in [1.29, 1.82) is 0 Å². The van der Waals surface area contributed by atoms with Gasteiger partial charge in [0, 0.05) is 17.7 Å². The first-order valence-electron chi connectivity index (χ1n) is 5.16. The van der Waals surface area contributed by atoms with Crippen molar-refractivity contribution >= 4 is 50.7 Å². The molecule has 100 valence electrons. The highest BCUT2D eigenvalue weighted by Gasteiger charge is 2.15. The van der Waals surface area contributed by atoms with Gasteiger partial charge in [-0.1, -0.05) is 23.2 Å². The second-order valence-electron chi connectivity index (χ2n) is 3.85. The van der Waals surface area contributed by atoms with Crippen molar-refractivity contribution in [1.82, 2.24) is 4.57 Å². The molecule has 0 unspecified atom stereocenters. The van der Waals surface area contributed by atoms with Crippen molar-refractivity contribution in [2.24, 2.45) is 7.05 Å². The highest BCUT2D eigenvalue weighted by Crippen LogP contribution is 2.31. The first-order chi connectivity index (χ1) is 8.88. The normalized spacial score (nSPS) is 10.6. The van der Waals surface area contributed by atoms with Crippen LogP contribution in [0.4, 0.5) is 10.1 Å². The summed E-state index contributed by atoms with van der Waals surface area (Å²) in [7, 11) is 1.73. The number of hydrogen-bond acceptors (Lipinski definition) is 1. The van der Waals surface area contributed by atoms with Crippen molar-refractivity contribution in [3.05, 3.63) is 50.4 Å². The molecular weight excluding hydrogens is 358 g/mol. The van der Waals surface area contributed by atoms with E-state index in [0.29, 0.717) is 5.69 Å². The molecule has 2 rings (SSSR count). The van der Waals surface area contributed by atoms with Crippen LogP contribution in [0.1, 0.15) is 10.5 Å². The molecule has 1 N–H and O–H groups in total. The Morgan fingerprint density at radius 3 is 2.37 bits per heavy atom. The lowest BCUT2D eigenvalue weighted by Crippen LogP contribution is -2.16. The first kappa shape index (κ1) is 14.4. The molecule has 1 aromatic carbocycles. The minimum Gasteiger partial charge on any atom is -0.345 e. The van der Waals surface area contributed by atoms with E-state index in [4.69, 9.17) is 23.2 Å². The van der Waals surface area contributed by atoms with Crippen LogP contribution in [-0.2, 0) is 7.05 Å². The lowest BCUT2D eigenvalue weighted by Gasteiger charge is -2.09. The van der Waals surface area contributed by atoms with Gasteiger partial charge in [0.15, 0.2) is 0 Å². The Balaban J connectivity index is 2.32. The molecule has 0 saturated carbocycles. The molecule has 2 aromatic rings. The van der Waals surface area contributed by atoms with Crippen LogP contribution in [-0.4, -0.2) is 10.5 Å². The lowest BCUT2D eigenvalue weighted by molar-refractivity contribution is 0.101. The van der Waals surface area contributed by atoms with Crippen LogP contribution in [0.2, 0.25) is 10.0 Å². The summed E-state index contributed by atoms with van der Waals surface area (Å²) >= 11 is 15.0. The molecule has 1 aromatic heterocycles.